The van der Waals surface area contributed by atoms with Crippen LogP contribution in [0.25, 0.3) is 0 Å². The second kappa shape index (κ2) is 4.12. The molecule has 1 aliphatic carbocycles. The first-order valence-electron chi connectivity index (χ1n) is 6.03. The molecule has 0 saturated carbocycles. The fourth-order valence-corrected chi connectivity index (χ4v) is 2.55. The van der Waals surface area contributed by atoms with Crippen LogP contribution in [0.2, 0.25) is 0 Å². The van der Waals surface area contributed by atoms with E-state index in [4.69, 9.17) is 0 Å². The zero-order valence-electron chi connectivity index (χ0n) is 10.3. The Bertz CT molecular complexity index is 669. The Hall–Kier alpha value is -2.29. The van der Waals surface area contributed by atoms with Crippen molar-refractivity contribution in [3.05, 3.63) is 70.5 Å². The molecular formula is C16H11FO2. The van der Waals surface area contributed by atoms with Crippen molar-refractivity contribution < 1.29 is 14.0 Å². The lowest BCUT2D eigenvalue weighted by molar-refractivity contribution is 0.0889. The molecular weight excluding hydrogens is 243 g/mol. The molecule has 0 saturated heterocycles. The van der Waals surface area contributed by atoms with Gasteiger partial charge in [0.05, 0.1) is 0 Å². The summed E-state index contributed by atoms with van der Waals surface area (Å²) in [5.74, 6) is -1.81. The van der Waals surface area contributed by atoms with Gasteiger partial charge in [0.1, 0.15) is 11.7 Å². The molecule has 19 heavy (non-hydrogen) atoms. The molecule has 0 heterocycles. The molecule has 0 bridgehead atoms. The Labute approximate surface area is 109 Å². The van der Waals surface area contributed by atoms with Gasteiger partial charge in [0.25, 0.3) is 0 Å². The number of hydrogen-bond donors (Lipinski definition) is 0. The summed E-state index contributed by atoms with van der Waals surface area (Å²) in [6.45, 7) is 1.78. The Kier molecular flexibility index (Phi) is 2.56. The average Bonchev–Trinajstić information content (AvgIpc) is 2.66. The number of rotatable bonds is 1. The van der Waals surface area contributed by atoms with Crippen molar-refractivity contribution in [1.29, 1.82) is 0 Å². The summed E-state index contributed by atoms with van der Waals surface area (Å²) >= 11 is 0. The Balaban J connectivity index is 2.17. The topological polar surface area (TPSA) is 34.1 Å². The third-order valence-corrected chi connectivity index (χ3v) is 3.53. The number of halogens is 1. The van der Waals surface area contributed by atoms with Crippen LogP contribution in [0.15, 0.2) is 42.5 Å². The molecule has 0 unspecified atom stereocenters. The zero-order valence-corrected chi connectivity index (χ0v) is 10.3. The molecule has 0 radical (unpaired) electrons. The number of fused-ring (bicyclic) bond motifs is 1. The molecule has 0 amide bonds. The molecule has 0 atom stereocenters. The maximum Gasteiger partial charge on any atom is 0.178 e. The van der Waals surface area contributed by atoms with Gasteiger partial charge in [-0.05, 0) is 30.2 Å². The number of carbonyl (C=O) groups excluding carboxylic acids is 2. The van der Waals surface area contributed by atoms with Crippen LogP contribution < -0.4 is 0 Å². The summed E-state index contributed by atoms with van der Waals surface area (Å²) in [6, 6.07) is 10.9. The van der Waals surface area contributed by atoms with E-state index in [1.54, 1.807) is 37.3 Å². The Morgan fingerprint density at radius 3 is 2.11 bits per heavy atom. The van der Waals surface area contributed by atoms with E-state index in [0.717, 1.165) is 5.56 Å². The van der Waals surface area contributed by atoms with Crippen LogP contribution in [0.5, 0.6) is 0 Å². The lowest BCUT2D eigenvalue weighted by atomic mass is 9.91. The fourth-order valence-electron chi connectivity index (χ4n) is 2.55. The minimum atomic E-state index is -0.895. The normalized spacial score (nSPS) is 14.8. The van der Waals surface area contributed by atoms with Gasteiger partial charge < -0.3 is 0 Å². The van der Waals surface area contributed by atoms with Crippen LogP contribution in [0, 0.1) is 12.7 Å². The molecule has 2 aromatic carbocycles. The Morgan fingerprint density at radius 1 is 0.947 bits per heavy atom. The highest BCUT2D eigenvalue weighted by atomic mass is 19.1. The van der Waals surface area contributed by atoms with Gasteiger partial charge in [-0.25, -0.2) is 4.39 Å². The number of benzene rings is 2. The highest BCUT2D eigenvalue weighted by Crippen LogP contribution is 2.35. The van der Waals surface area contributed by atoms with Gasteiger partial charge in [-0.3, -0.25) is 9.59 Å². The van der Waals surface area contributed by atoms with Gasteiger partial charge in [0, 0.05) is 11.1 Å². The summed E-state index contributed by atoms with van der Waals surface area (Å²) in [4.78, 5) is 24.7. The molecule has 0 N–H and O–H groups in total. The second-order valence-corrected chi connectivity index (χ2v) is 4.71. The molecule has 0 aliphatic heterocycles. The quantitative estimate of drug-likeness (QED) is 0.732. The van der Waals surface area contributed by atoms with Gasteiger partial charge in [-0.2, -0.15) is 0 Å². The van der Waals surface area contributed by atoms with E-state index in [2.05, 4.69) is 0 Å². The summed E-state index contributed by atoms with van der Waals surface area (Å²) in [6.07, 6.45) is 0. The monoisotopic (exact) mass is 254 g/mol. The first-order valence-corrected chi connectivity index (χ1v) is 6.03. The van der Waals surface area contributed by atoms with Crippen molar-refractivity contribution >= 4 is 11.6 Å². The van der Waals surface area contributed by atoms with E-state index in [0.29, 0.717) is 16.7 Å². The van der Waals surface area contributed by atoms with Crippen LogP contribution in [-0.2, 0) is 0 Å². The summed E-state index contributed by atoms with van der Waals surface area (Å²) in [5, 5.41) is 0. The van der Waals surface area contributed by atoms with Crippen LogP contribution in [0.3, 0.4) is 0 Å². The molecule has 3 heteroatoms. The molecule has 2 aromatic rings. The molecule has 0 aromatic heterocycles. The maximum atomic E-state index is 13.4. The number of ketones is 2. The number of carbonyl (C=O) groups is 2. The van der Waals surface area contributed by atoms with Crippen LogP contribution in [0.4, 0.5) is 4.39 Å². The zero-order chi connectivity index (χ0) is 13.6. The molecule has 0 spiro atoms. The van der Waals surface area contributed by atoms with E-state index < -0.39 is 11.7 Å². The van der Waals surface area contributed by atoms with Gasteiger partial charge in [-0.1, -0.05) is 30.3 Å². The van der Waals surface area contributed by atoms with Crippen molar-refractivity contribution in [1.82, 2.24) is 0 Å². The lowest BCUT2D eigenvalue weighted by Gasteiger charge is -2.10. The molecule has 2 nitrogen and oxygen atoms in total. The van der Waals surface area contributed by atoms with Gasteiger partial charge in [0.2, 0.25) is 0 Å². The average molecular weight is 254 g/mol. The minimum absolute atomic E-state index is 0.241. The van der Waals surface area contributed by atoms with E-state index in [9.17, 15) is 14.0 Å². The predicted molar refractivity (Wildman–Crippen MR) is 69.0 cm³/mol. The predicted octanol–water partition coefficient (Wildman–Crippen LogP) is 3.30. The van der Waals surface area contributed by atoms with Crippen LogP contribution in [0.1, 0.15) is 37.8 Å². The van der Waals surface area contributed by atoms with Gasteiger partial charge in [0.15, 0.2) is 11.6 Å². The fraction of sp³-hybridized carbons (Fsp3) is 0.125. The van der Waals surface area contributed by atoms with Crippen LogP contribution in [-0.4, -0.2) is 11.6 Å². The van der Waals surface area contributed by atoms with Gasteiger partial charge >= 0.3 is 0 Å². The summed E-state index contributed by atoms with van der Waals surface area (Å²) < 4.78 is 13.4. The Morgan fingerprint density at radius 2 is 1.53 bits per heavy atom. The largest absolute Gasteiger partial charge is 0.293 e. The lowest BCUT2D eigenvalue weighted by Crippen LogP contribution is -2.14. The molecule has 94 valence electrons. The van der Waals surface area contributed by atoms with Crippen molar-refractivity contribution in [2.24, 2.45) is 0 Å². The molecule has 3 rings (SSSR count). The van der Waals surface area contributed by atoms with Crippen molar-refractivity contribution in [2.45, 2.75) is 12.8 Å². The van der Waals surface area contributed by atoms with Crippen molar-refractivity contribution in [2.75, 3.05) is 0 Å². The first-order chi connectivity index (χ1) is 9.09. The smallest absolute Gasteiger partial charge is 0.178 e. The minimum Gasteiger partial charge on any atom is -0.293 e. The highest BCUT2D eigenvalue weighted by Gasteiger charge is 2.39. The summed E-state index contributed by atoms with van der Waals surface area (Å²) in [7, 11) is 0. The highest BCUT2D eigenvalue weighted by molar-refractivity contribution is 6.29. The standard InChI is InChI=1S/C16H11FO2/c1-9-6-7-10(17)8-13(9)14-15(18)11-4-2-3-5-12(11)16(14)19/h2-8,14H,1H3. The molecule has 0 fully saturated rings. The number of aryl methyl sites for hydroxylation is 1. The second-order valence-electron chi connectivity index (χ2n) is 4.71. The van der Waals surface area contributed by atoms with Crippen molar-refractivity contribution in [3.8, 4) is 0 Å². The third kappa shape index (κ3) is 1.70. The van der Waals surface area contributed by atoms with E-state index >= 15 is 0 Å². The third-order valence-electron chi connectivity index (χ3n) is 3.53. The van der Waals surface area contributed by atoms with Gasteiger partial charge in [-0.15, -0.1) is 0 Å². The van der Waals surface area contributed by atoms with E-state index in [-0.39, 0.29) is 11.6 Å². The SMILES string of the molecule is Cc1ccc(F)cc1C1C(=O)c2ccccc2C1=O. The number of Topliss-reactive ketones (excluding diaryl/α,β-unsaturated/α-hetero) is 2. The summed E-state index contributed by atoms with van der Waals surface area (Å²) in [5.41, 5.74) is 2.08. The van der Waals surface area contributed by atoms with Crippen LogP contribution >= 0.6 is 0 Å². The number of hydrogen-bond acceptors (Lipinski definition) is 2. The van der Waals surface area contributed by atoms with Crippen molar-refractivity contribution in [3.63, 3.8) is 0 Å². The molecule has 1 aliphatic rings. The van der Waals surface area contributed by atoms with E-state index in [1.807, 2.05) is 0 Å². The first kappa shape index (κ1) is 11.8. The van der Waals surface area contributed by atoms with E-state index in [1.165, 1.54) is 12.1 Å². The maximum absolute atomic E-state index is 13.4.